The van der Waals surface area contributed by atoms with Crippen LogP contribution in [-0.4, -0.2) is 18.2 Å². The van der Waals surface area contributed by atoms with Crippen LogP contribution >= 0.6 is 22.6 Å². The van der Waals surface area contributed by atoms with Gasteiger partial charge >= 0.3 is 5.97 Å². The van der Waals surface area contributed by atoms with Gasteiger partial charge in [0.25, 0.3) is 0 Å². The molecule has 4 heteroatoms. The van der Waals surface area contributed by atoms with Gasteiger partial charge in [0.2, 0.25) is 0 Å². The fraction of sp³-hybridized carbons (Fsp3) is 0.462. The van der Waals surface area contributed by atoms with Gasteiger partial charge in [0, 0.05) is 6.42 Å². The van der Waals surface area contributed by atoms with Gasteiger partial charge < -0.3 is 9.84 Å². The third kappa shape index (κ3) is 2.91. The number of hydrogen-bond donors (Lipinski definition) is 1. The van der Waals surface area contributed by atoms with Gasteiger partial charge in [-0.1, -0.05) is 6.07 Å². The van der Waals surface area contributed by atoms with Crippen molar-refractivity contribution in [2.24, 2.45) is 5.92 Å². The highest BCUT2D eigenvalue weighted by atomic mass is 127. The lowest BCUT2D eigenvalue weighted by Crippen LogP contribution is -2.24. The molecule has 1 fully saturated rings. The summed E-state index contributed by atoms with van der Waals surface area (Å²) in [6, 6.07) is 6.21. The number of carboxylic acids is 1. The van der Waals surface area contributed by atoms with Gasteiger partial charge in [-0.25, -0.2) is 0 Å². The first-order valence-electron chi connectivity index (χ1n) is 5.65. The first-order valence-corrected chi connectivity index (χ1v) is 6.73. The van der Waals surface area contributed by atoms with Crippen LogP contribution in [0.3, 0.4) is 0 Å². The van der Waals surface area contributed by atoms with Crippen molar-refractivity contribution in [2.75, 3.05) is 7.11 Å². The molecule has 1 saturated carbocycles. The number of methoxy groups -OCH3 is 1. The van der Waals surface area contributed by atoms with Gasteiger partial charge in [-0.05, 0) is 65.0 Å². The monoisotopic (exact) mass is 346 g/mol. The Morgan fingerprint density at radius 3 is 2.76 bits per heavy atom. The molecular formula is C13H15IO3. The fourth-order valence-electron chi connectivity index (χ4n) is 2.36. The molecule has 1 N–H and O–H groups in total. The molecule has 1 aromatic carbocycles. The maximum atomic E-state index is 10.6. The van der Waals surface area contributed by atoms with E-state index in [4.69, 9.17) is 9.84 Å². The maximum absolute atomic E-state index is 10.6. The third-order valence-electron chi connectivity index (χ3n) is 3.35. The molecule has 0 heterocycles. The summed E-state index contributed by atoms with van der Waals surface area (Å²) in [6.07, 6.45) is 2.30. The zero-order valence-electron chi connectivity index (χ0n) is 9.65. The average molecular weight is 346 g/mol. The van der Waals surface area contributed by atoms with Crippen molar-refractivity contribution in [1.29, 1.82) is 0 Å². The molecule has 0 radical (unpaired) electrons. The lowest BCUT2D eigenvalue weighted by atomic mass is 9.70. The Balaban J connectivity index is 1.97. The van der Waals surface area contributed by atoms with E-state index in [9.17, 15) is 4.79 Å². The molecule has 17 heavy (non-hydrogen) atoms. The molecule has 1 aliphatic rings. The van der Waals surface area contributed by atoms with Crippen molar-refractivity contribution in [2.45, 2.75) is 25.2 Å². The Morgan fingerprint density at radius 2 is 2.24 bits per heavy atom. The summed E-state index contributed by atoms with van der Waals surface area (Å²) in [5, 5.41) is 8.70. The molecule has 0 saturated heterocycles. The van der Waals surface area contributed by atoms with E-state index in [1.807, 2.05) is 6.07 Å². The summed E-state index contributed by atoms with van der Waals surface area (Å²) < 4.78 is 6.33. The number of carboxylic acid groups (broad SMARTS) is 1. The van der Waals surface area contributed by atoms with E-state index >= 15 is 0 Å². The Bertz CT molecular complexity index is 425. The van der Waals surface area contributed by atoms with Gasteiger partial charge in [0.1, 0.15) is 5.75 Å². The van der Waals surface area contributed by atoms with Crippen molar-refractivity contribution in [3.63, 3.8) is 0 Å². The molecule has 0 amide bonds. The molecule has 1 aliphatic carbocycles. The van der Waals surface area contributed by atoms with Gasteiger partial charge in [-0.2, -0.15) is 0 Å². The largest absolute Gasteiger partial charge is 0.496 e. The van der Waals surface area contributed by atoms with Crippen LogP contribution in [-0.2, 0) is 4.79 Å². The van der Waals surface area contributed by atoms with Crippen LogP contribution in [0.4, 0.5) is 0 Å². The van der Waals surface area contributed by atoms with Crippen LogP contribution in [0.25, 0.3) is 0 Å². The summed E-state index contributed by atoms with van der Waals surface area (Å²) in [6.45, 7) is 0. The van der Waals surface area contributed by atoms with Crippen molar-refractivity contribution in [3.8, 4) is 5.75 Å². The minimum atomic E-state index is -0.683. The highest BCUT2D eigenvalue weighted by Crippen LogP contribution is 2.44. The molecule has 2 rings (SSSR count). The highest BCUT2D eigenvalue weighted by molar-refractivity contribution is 14.1. The molecular weight excluding hydrogens is 331 g/mol. The fourth-order valence-corrected chi connectivity index (χ4v) is 3.12. The van der Waals surface area contributed by atoms with Gasteiger partial charge in [-0.15, -0.1) is 0 Å². The predicted octanol–water partition coefficient (Wildman–Crippen LogP) is 3.27. The van der Waals surface area contributed by atoms with Crippen molar-refractivity contribution in [3.05, 3.63) is 27.3 Å². The Hall–Kier alpha value is -0.780. The second-order valence-electron chi connectivity index (χ2n) is 4.53. The predicted molar refractivity (Wildman–Crippen MR) is 73.4 cm³/mol. The normalized spacial score (nSPS) is 22.9. The van der Waals surface area contributed by atoms with E-state index < -0.39 is 5.97 Å². The Kier molecular flexibility index (Phi) is 3.91. The number of ether oxygens (including phenoxy) is 1. The molecule has 0 atom stereocenters. The molecule has 0 unspecified atom stereocenters. The SMILES string of the molecule is COc1ccc(C2CC(CC(=O)O)C2)cc1I. The Morgan fingerprint density at radius 1 is 1.53 bits per heavy atom. The molecule has 0 bridgehead atoms. The minimum Gasteiger partial charge on any atom is -0.496 e. The van der Waals surface area contributed by atoms with Crippen LogP contribution in [0, 0.1) is 9.49 Å². The van der Waals surface area contributed by atoms with Crippen molar-refractivity contribution in [1.82, 2.24) is 0 Å². The standard InChI is InChI=1S/C13H15IO3/c1-17-12-3-2-9(7-11(12)14)10-4-8(5-10)6-13(15)16/h2-3,7-8,10H,4-6H2,1H3,(H,15,16). The third-order valence-corrected chi connectivity index (χ3v) is 4.19. The van der Waals surface area contributed by atoms with Crippen LogP contribution < -0.4 is 4.74 Å². The van der Waals surface area contributed by atoms with Gasteiger partial charge in [0.05, 0.1) is 10.7 Å². The van der Waals surface area contributed by atoms with Gasteiger partial charge in [-0.3, -0.25) is 4.79 Å². The number of aliphatic carboxylic acids is 1. The summed E-state index contributed by atoms with van der Waals surface area (Å²) in [5.74, 6) is 1.10. The van der Waals surface area contributed by atoms with Crippen molar-refractivity contribution >= 4 is 28.6 Å². The lowest BCUT2D eigenvalue weighted by Gasteiger charge is -2.35. The van der Waals surface area contributed by atoms with E-state index in [1.165, 1.54) is 5.56 Å². The quantitative estimate of drug-likeness (QED) is 0.852. The second kappa shape index (κ2) is 5.25. The van der Waals surface area contributed by atoms with Gasteiger partial charge in [0.15, 0.2) is 0 Å². The van der Waals surface area contributed by atoms with Crippen LogP contribution in [0.1, 0.15) is 30.7 Å². The topological polar surface area (TPSA) is 46.5 Å². The van der Waals surface area contributed by atoms with E-state index in [2.05, 4.69) is 34.7 Å². The zero-order valence-corrected chi connectivity index (χ0v) is 11.8. The zero-order chi connectivity index (χ0) is 12.4. The molecule has 3 nitrogen and oxygen atoms in total. The number of halogens is 1. The van der Waals surface area contributed by atoms with Crippen LogP contribution in [0.2, 0.25) is 0 Å². The maximum Gasteiger partial charge on any atom is 0.303 e. The first-order chi connectivity index (χ1) is 8.10. The van der Waals surface area contributed by atoms with Crippen molar-refractivity contribution < 1.29 is 14.6 Å². The summed E-state index contributed by atoms with van der Waals surface area (Å²) in [7, 11) is 1.67. The van der Waals surface area contributed by atoms with E-state index in [0.29, 0.717) is 18.3 Å². The molecule has 0 aliphatic heterocycles. The van der Waals surface area contributed by atoms with Crippen LogP contribution in [0.5, 0.6) is 5.75 Å². The summed E-state index contributed by atoms with van der Waals surface area (Å²) in [5.41, 5.74) is 1.30. The molecule has 92 valence electrons. The Labute approximate surface area is 114 Å². The lowest BCUT2D eigenvalue weighted by molar-refractivity contribution is -0.138. The first kappa shape index (κ1) is 12.7. The number of benzene rings is 1. The average Bonchev–Trinajstić information content (AvgIpc) is 2.22. The second-order valence-corrected chi connectivity index (χ2v) is 5.69. The minimum absolute atomic E-state index is 0.309. The highest BCUT2D eigenvalue weighted by Gasteiger charge is 2.31. The van der Waals surface area contributed by atoms with Crippen LogP contribution in [0.15, 0.2) is 18.2 Å². The molecule has 0 aromatic heterocycles. The smallest absolute Gasteiger partial charge is 0.303 e. The van der Waals surface area contributed by atoms with E-state index in [1.54, 1.807) is 7.11 Å². The molecule has 0 spiro atoms. The van der Waals surface area contributed by atoms with E-state index in [-0.39, 0.29) is 0 Å². The summed E-state index contributed by atoms with van der Waals surface area (Å²) in [4.78, 5) is 10.6. The number of carbonyl (C=O) groups is 1. The van der Waals surface area contributed by atoms with E-state index in [0.717, 1.165) is 22.2 Å². The number of rotatable bonds is 4. The summed E-state index contributed by atoms with van der Waals surface area (Å²) >= 11 is 2.27. The molecule has 1 aromatic rings. The number of hydrogen-bond acceptors (Lipinski definition) is 2.